The van der Waals surface area contributed by atoms with Crippen molar-refractivity contribution in [2.45, 2.75) is 5.41 Å². The minimum atomic E-state index is -0.658. The number of nitrogens with zero attached hydrogens (tertiary/aromatic N) is 2. The molecule has 32 heavy (non-hydrogen) atoms. The molecule has 0 spiro atoms. The summed E-state index contributed by atoms with van der Waals surface area (Å²) in [5.41, 5.74) is 3.62. The Morgan fingerprint density at radius 1 is 0.844 bits per heavy atom. The highest BCUT2D eigenvalue weighted by atomic mass is 79.9. The van der Waals surface area contributed by atoms with Crippen molar-refractivity contribution in [3.63, 3.8) is 0 Å². The molecule has 4 nitrogen and oxygen atoms in total. The highest BCUT2D eigenvalue weighted by molar-refractivity contribution is 9.10. The molecule has 0 saturated heterocycles. The standard InChI is InChI=1S/C27H19BrN2O2/c28-24-13-7-12-22(18-24)27(20-8-3-1-4-9-20,21-10-5-2-6-11-21)23-14-15-25(30-19-23)26(31)32-17-16-29/h1-15,18-19H,17H2. The van der Waals surface area contributed by atoms with E-state index >= 15 is 0 Å². The first-order chi connectivity index (χ1) is 15.7. The number of halogens is 1. The van der Waals surface area contributed by atoms with Crippen molar-refractivity contribution in [3.8, 4) is 6.07 Å². The van der Waals surface area contributed by atoms with Crippen LogP contribution in [0.25, 0.3) is 0 Å². The normalized spacial score (nSPS) is 10.9. The van der Waals surface area contributed by atoms with Gasteiger partial charge in [0.15, 0.2) is 6.61 Å². The van der Waals surface area contributed by atoms with Crippen molar-refractivity contribution in [3.05, 3.63) is 136 Å². The SMILES string of the molecule is N#CCOC(=O)c1ccc(C(c2ccccc2)(c2ccccc2)c2cccc(Br)c2)cn1. The molecule has 0 aliphatic rings. The van der Waals surface area contributed by atoms with Gasteiger partial charge in [0.05, 0.1) is 5.41 Å². The van der Waals surface area contributed by atoms with Crippen LogP contribution in [0.5, 0.6) is 0 Å². The number of ether oxygens (including phenoxy) is 1. The Bertz CT molecular complexity index is 1210. The summed E-state index contributed by atoms with van der Waals surface area (Å²) in [5, 5.41) is 8.66. The Balaban J connectivity index is 1.98. The van der Waals surface area contributed by atoms with E-state index in [2.05, 4.69) is 57.3 Å². The monoisotopic (exact) mass is 482 g/mol. The fourth-order valence-corrected chi connectivity index (χ4v) is 4.41. The van der Waals surface area contributed by atoms with Crippen LogP contribution in [0.1, 0.15) is 32.7 Å². The molecule has 0 N–H and O–H groups in total. The molecule has 0 atom stereocenters. The number of carbonyl (C=O) groups excluding carboxylic acids is 1. The van der Waals surface area contributed by atoms with E-state index in [-0.39, 0.29) is 12.3 Å². The van der Waals surface area contributed by atoms with E-state index in [1.54, 1.807) is 18.3 Å². The summed E-state index contributed by atoms with van der Waals surface area (Å²) in [4.78, 5) is 16.6. The van der Waals surface area contributed by atoms with Crippen molar-refractivity contribution in [2.24, 2.45) is 0 Å². The second-order valence-electron chi connectivity index (χ2n) is 7.16. The Kier molecular flexibility index (Phi) is 6.44. The summed E-state index contributed by atoms with van der Waals surface area (Å²) in [6.45, 7) is -0.307. The molecule has 0 fully saturated rings. The topological polar surface area (TPSA) is 63.0 Å². The van der Waals surface area contributed by atoms with Gasteiger partial charge in [0, 0.05) is 10.7 Å². The highest BCUT2D eigenvalue weighted by Crippen LogP contribution is 2.45. The minimum Gasteiger partial charge on any atom is -0.446 e. The molecule has 0 aliphatic carbocycles. The van der Waals surface area contributed by atoms with Gasteiger partial charge in [0.2, 0.25) is 0 Å². The maximum absolute atomic E-state index is 12.2. The van der Waals surface area contributed by atoms with Gasteiger partial charge in [-0.3, -0.25) is 0 Å². The van der Waals surface area contributed by atoms with E-state index in [1.165, 1.54) is 0 Å². The van der Waals surface area contributed by atoms with E-state index in [0.717, 1.165) is 26.7 Å². The van der Waals surface area contributed by atoms with Crippen LogP contribution in [0.2, 0.25) is 0 Å². The third kappa shape index (κ3) is 4.05. The third-order valence-electron chi connectivity index (χ3n) is 5.34. The van der Waals surface area contributed by atoms with Gasteiger partial charge < -0.3 is 4.74 Å². The van der Waals surface area contributed by atoms with E-state index in [0.29, 0.717) is 0 Å². The number of aromatic nitrogens is 1. The average molecular weight is 483 g/mol. The molecule has 156 valence electrons. The van der Waals surface area contributed by atoms with Crippen LogP contribution in [0.4, 0.5) is 0 Å². The van der Waals surface area contributed by atoms with Gasteiger partial charge in [-0.2, -0.15) is 5.26 Å². The molecule has 1 heterocycles. The first kappa shape index (κ1) is 21.5. The lowest BCUT2D eigenvalue weighted by atomic mass is 9.65. The summed E-state index contributed by atoms with van der Waals surface area (Å²) in [6.07, 6.45) is 1.71. The van der Waals surface area contributed by atoms with E-state index in [1.807, 2.05) is 54.6 Å². The predicted molar refractivity (Wildman–Crippen MR) is 126 cm³/mol. The fourth-order valence-electron chi connectivity index (χ4n) is 4.01. The number of pyridine rings is 1. The van der Waals surface area contributed by atoms with Crippen molar-refractivity contribution in [1.82, 2.24) is 4.98 Å². The smallest absolute Gasteiger partial charge is 0.357 e. The molecule has 4 aromatic rings. The molecular weight excluding hydrogens is 464 g/mol. The number of nitriles is 1. The van der Waals surface area contributed by atoms with Crippen molar-refractivity contribution in [1.29, 1.82) is 5.26 Å². The number of hydrogen-bond acceptors (Lipinski definition) is 4. The van der Waals surface area contributed by atoms with Gasteiger partial charge in [0.1, 0.15) is 11.8 Å². The van der Waals surface area contributed by atoms with Crippen molar-refractivity contribution >= 4 is 21.9 Å². The summed E-state index contributed by atoms with van der Waals surface area (Å²) < 4.78 is 5.87. The maximum atomic E-state index is 12.2. The molecule has 3 aromatic carbocycles. The summed E-state index contributed by atoms with van der Waals surface area (Å²) in [7, 11) is 0. The van der Waals surface area contributed by atoms with E-state index < -0.39 is 11.4 Å². The third-order valence-corrected chi connectivity index (χ3v) is 5.84. The van der Waals surface area contributed by atoms with Crippen LogP contribution in [0.15, 0.2) is 108 Å². The lowest BCUT2D eigenvalue weighted by molar-refractivity contribution is 0.0548. The zero-order chi connectivity index (χ0) is 22.4. The summed E-state index contributed by atoms with van der Waals surface area (Å²) in [6, 6.07) is 34.0. The molecule has 0 amide bonds. The molecule has 0 radical (unpaired) electrons. The van der Waals surface area contributed by atoms with Crippen LogP contribution in [0, 0.1) is 11.3 Å². The second kappa shape index (κ2) is 9.59. The number of benzene rings is 3. The molecule has 4 rings (SSSR count). The second-order valence-corrected chi connectivity index (χ2v) is 8.07. The van der Waals surface area contributed by atoms with Crippen molar-refractivity contribution in [2.75, 3.05) is 6.61 Å². The predicted octanol–water partition coefficient (Wildman–Crippen LogP) is 5.91. The lowest BCUT2D eigenvalue weighted by Gasteiger charge is -2.36. The minimum absolute atomic E-state index is 0.160. The first-order valence-corrected chi connectivity index (χ1v) is 10.8. The van der Waals surface area contributed by atoms with Gasteiger partial charge in [-0.05, 0) is 40.5 Å². The summed E-state index contributed by atoms with van der Waals surface area (Å²) in [5.74, 6) is -0.620. The van der Waals surface area contributed by atoms with Gasteiger partial charge in [-0.1, -0.05) is 94.8 Å². The Morgan fingerprint density at radius 2 is 1.47 bits per heavy atom. The lowest BCUT2D eigenvalue weighted by Crippen LogP contribution is -2.31. The Labute approximate surface area is 195 Å². The molecule has 5 heteroatoms. The van der Waals surface area contributed by atoms with Gasteiger partial charge in [-0.25, -0.2) is 9.78 Å². The summed E-state index contributed by atoms with van der Waals surface area (Å²) >= 11 is 3.62. The Morgan fingerprint density at radius 3 is 2.00 bits per heavy atom. The first-order valence-electron chi connectivity index (χ1n) is 10.0. The van der Waals surface area contributed by atoms with Crippen LogP contribution in [0.3, 0.4) is 0 Å². The van der Waals surface area contributed by atoms with E-state index in [9.17, 15) is 4.79 Å². The molecule has 1 aromatic heterocycles. The number of esters is 1. The zero-order valence-electron chi connectivity index (χ0n) is 17.1. The molecular formula is C27H19BrN2O2. The largest absolute Gasteiger partial charge is 0.446 e. The molecule has 0 unspecified atom stereocenters. The Hall–Kier alpha value is -3.75. The zero-order valence-corrected chi connectivity index (χ0v) is 18.7. The van der Waals surface area contributed by atoms with Crippen LogP contribution in [-0.2, 0) is 10.2 Å². The fraction of sp³-hybridized carbons (Fsp3) is 0.0741. The number of carbonyl (C=O) groups is 1. The van der Waals surface area contributed by atoms with Crippen LogP contribution < -0.4 is 0 Å². The quantitative estimate of drug-likeness (QED) is 0.253. The highest BCUT2D eigenvalue weighted by Gasteiger charge is 2.38. The molecule has 0 bridgehead atoms. The molecule has 0 saturated carbocycles. The molecule has 0 aliphatic heterocycles. The number of hydrogen-bond donors (Lipinski definition) is 0. The maximum Gasteiger partial charge on any atom is 0.357 e. The van der Waals surface area contributed by atoms with Gasteiger partial charge in [-0.15, -0.1) is 0 Å². The van der Waals surface area contributed by atoms with Crippen molar-refractivity contribution < 1.29 is 9.53 Å². The average Bonchev–Trinajstić information content (AvgIpc) is 2.85. The van der Waals surface area contributed by atoms with Crippen LogP contribution in [-0.4, -0.2) is 17.6 Å². The van der Waals surface area contributed by atoms with Gasteiger partial charge in [0.25, 0.3) is 0 Å². The number of rotatable bonds is 6. The van der Waals surface area contributed by atoms with E-state index in [4.69, 9.17) is 10.00 Å². The van der Waals surface area contributed by atoms with Gasteiger partial charge >= 0.3 is 5.97 Å². The van der Waals surface area contributed by atoms with Crippen LogP contribution >= 0.6 is 15.9 Å².